The van der Waals surface area contributed by atoms with Gasteiger partial charge in [0.25, 0.3) is 0 Å². The van der Waals surface area contributed by atoms with E-state index in [9.17, 15) is 22.8 Å². The fraction of sp³-hybridized carbons (Fsp3) is 0.579. The van der Waals surface area contributed by atoms with Gasteiger partial charge in [-0.05, 0) is 12.8 Å². The lowest BCUT2D eigenvalue weighted by atomic mass is 10.1. The van der Waals surface area contributed by atoms with Gasteiger partial charge in [0.15, 0.2) is 0 Å². The van der Waals surface area contributed by atoms with Crippen LogP contribution in [0.5, 0.6) is 0 Å². The summed E-state index contributed by atoms with van der Waals surface area (Å²) in [7, 11) is 0. The molecule has 1 rings (SSSR count). The van der Waals surface area contributed by atoms with Crippen molar-refractivity contribution in [3.8, 4) is 0 Å². The van der Waals surface area contributed by atoms with Crippen LogP contribution in [-0.2, 0) is 19.1 Å². The van der Waals surface area contributed by atoms with Gasteiger partial charge in [-0.3, -0.25) is 9.59 Å². The number of hydrogen-bond donors (Lipinski definition) is 0. The molecule has 0 aliphatic rings. The number of rotatable bonds is 11. The van der Waals surface area contributed by atoms with Crippen molar-refractivity contribution in [2.24, 2.45) is 0 Å². The fourth-order valence-electron chi connectivity index (χ4n) is 2.31. The Kier molecular flexibility index (Phi) is 9.76. The van der Waals surface area contributed by atoms with Crippen LogP contribution >= 0.6 is 0 Å². The van der Waals surface area contributed by atoms with Crippen LogP contribution in [0.2, 0.25) is 0 Å². The highest BCUT2D eigenvalue weighted by molar-refractivity contribution is 5.72. The molecule has 0 aliphatic heterocycles. The van der Waals surface area contributed by atoms with Gasteiger partial charge in [0.1, 0.15) is 0 Å². The van der Waals surface area contributed by atoms with E-state index in [1.54, 1.807) is 6.07 Å². The fourth-order valence-corrected chi connectivity index (χ4v) is 2.31. The predicted molar refractivity (Wildman–Crippen MR) is 90.3 cm³/mol. The molecule has 1 atom stereocenters. The summed E-state index contributed by atoms with van der Waals surface area (Å²) in [6.07, 6.45) is -3.29. The lowest BCUT2D eigenvalue weighted by Crippen LogP contribution is -2.26. The van der Waals surface area contributed by atoms with Gasteiger partial charge < -0.3 is 9.47 Å². The van der Waals surface area contributed by atoms with Crippen molar-refractivity contribution in [1.29, 1.82) is 0 Å². The van der Waals surface area contributed by atoms with E-state index in [2.05, 4.69) is 11.7 Å². The predicted octanol–water partition coefficient (Wildman–Crippen LogP) is 5.13. The Morgan fingerprint density at radius 1 is 0.962 bits per heavy atom. The minimum absolute atomic E-state index is 0.0229. The van der Waals surface area contributed by atoms with E-state index in [0.717, 1.165) is 25.7 Å². The molecule has 0 spiro atoms. The van der Waals surface area contributed by atoms with E-state index in [4.69, 9.17) is 4.74 Å². The van der Waals surface area contributed by atoms with Crippen molar-refractivity contribution in [2.45, 2.75) is 64.1 Å². The number of benzene rings is 1. The standard InChI is InChI=1S/C19H25F3O4/c1-2-3-4-8-14-25-16(23)12-9-13-17(24)26-18(19(20,21)22)15-10-6-5-7-11-15/h5-7,10-11,18H,2-4,8-9,12-14H2,1H3. The van der Waals surface area contributed by atoms with Gasteiger partial charge in [0.2, 0.25) is 6.10 Å². The van der Waals surface area contributed by atoms with Gasteiger partial charge in [-0.1, -0.05) is 56.5 Å². The zero-order valence-corrected chi connectivity index (χ0v) is 14.9. The maximum absolute atomic E-state index is 13.1. The number of carbonyl (C=O) groups is 2. The molecular weight excluding hydrogens is 349 g/mol. The number of halogens is 3. The van der Waals surface area contributed by atoms with Crippen LogP contribution in [0.25, 0.3) is 0 Å². The van der Waals surface area contributed by atoms with E-state index >= 15 is 0 Å². The summed E-state index contributed by atoms with van der Waals surface area (Å²) in [5, 5.41) is 0. The highest BCUT2D eigenvalue weighted by Gasteiger charge is 2.43. The summed E-state index contributed by atoms with van der Waals surface area (Å²) in [4.78, 5) is 23.2. The second-order valence-corrected chi connectivity index (χ2v) is 5.96. The minimum atomic E-state index is -4.70. The first kappa shape index (κ1) is 22.0. The lowest BCUT2D eigenvalue weighted by Gasteiger charge is -2.21. The van der Waals surface area contributed by atoms with Crippen LogP contribution in [0.4, 0.5) is 13.2 Å². The monoisotopic (exact) mass is 374 g/mol. The van der Waals surface area contributed by atoms with E-state index < -0.39 is 24.2 Å². The molecular formula is C19H25F3O4. The number of ether oxygens (including phenoxy) is 2. The van der Waals surface area contributed by atoms with E-state index in [0.29, 0.717) is 6.61 Å². The third-order valence-electron chi connectivity index (χ3n) is 3.67. The maximum Gasteiger partial charge on any atom is 0.429 e. The molecule has 0 N–H and O–H groups in total. The van der Waals surface area contributed by atoms with Crippen molar-refractivity contribution >= 4 is 11.9 Å². The quantitative estimate of drug-likeness (QED) is 0.398. The summed E-state index contributed by atoms with van der Waals surface area (Å²) < 4.78 is 48.9. The summed E-state index contributed by atoms with van der Waals surface area (Å²) >= 11 is 0. The van der Waals surface area contributed by atoms with Gasteiger partial charge in [0.05, 0.1) is 6.61 Å². The molecule has 7 heteroatoms. The average Bonchev–Trinajstić information content (AvgIpc) is 2.59. The average molecular weight is 374 g/mol. The molecule has 26 heavy (non-hydrogen) atoms. The molecule has 0 saturated heterocycles. The van der Waals surface area contributed by atoms with E-state index in [1.165, 1.54) is 24.3 Å². The van der Waals surface area contributed by atoms with Crippen LogP contribution in [-0.4, -0.2) is 24.7 Å². The Balaban J connectivity index is 2.34. The van der Waals surface area contributed by atoms with Crippen LogP contribution in [0.1, 0.15) is 63.5 Å². The summed E-state index contributed by atoms with van der Waals surface area (Å²) in [5.74, 6) is -1.45. The summed E-state index contributed by atoms with van der Waals surface area (Å²) in [5.41, 5.74) is -0.139. The smallest absolute Gasteiger partial charge is 0.429 e. The topological polar surface area (TPSA) is 52.6 Å². The zero-order chi connectivity index (χ0) is 19.4. The zero-order valence-electron chi connectivity index (χ0n) is 14.9. The number of unbranched alkanes of at least 4 members (excludes halogenated alkanes) is 3. The van der Waals surface area contributed by atoms with Crippen LogP contribution in [0, 0.1) is 0 Å². The van der Waals surface area contributed by atoms with Gasteiger partial charge in [-0.15, -0.1) is 0 Å². The molecule has 1 aromatic carbocycles. The van der Waals surface area contributed by atoms with Crippen LogP contribution < -0.4 is 0 Å². The van der Waals surface area contributed by atoms with Gasteiger partial charge >= 0.3 is 18.1 Å². The molecule has 0 aromatic heterocycles. The molecule has 1 aromatic rings. The Morgan fingerprint density at radius 2 is 1.62 bits per heavy atom. The first-order chi connectivity index (χ1) is 12.3. The van der Waals surface area contributed by atoms with Crippen molar-refractivity contribution in [3.05, 3.63) is 35.9 Å². The molecule has 146 valence electrons. The number of alkyl halides is 3. The summed E-state index contributed by atoms with van der Waals surface area (Å²) in [6, 6.07) is 6.96. The molecule has 0 aliphatic carbocycles. The third kappa shape index (κ3) is 8.87. The minimum Gasteiger partial charge on any atom is -0.466 e. The molecule has 0 fully saturated rings. The SMILES string of the molecule is CCCCCCOC(=O)CCCC(=O)OC(c1ccccc1)C(F)(F)F. The van der Waals surface area contributed by atoms with Crippen molar-refractivity contribution in [3.63, 3.8) is 0 Å². The third-order valence-corrected chi connectivity index (χ3v) is 3.67. The Bertz CT molecular complexity index is 543. The highest BCUT2D eigenvalue weighted by atomic mass is 19.4. The van der Waals surface area contributed by atoms with Crippen LogP contribution in [0.3, 0.4) is 0 Å². The Labute approximate surface area is 151 Å². The maximum atomic E-state index is 13.1. The van der Waals surface area contributed by atoms with Gasteiger partial charge in [-0.25, -0.2) is 0 Å². The molecule has 0 amide bonds. The Morgan fingerprint density at radius 3 is 2.23 bits per heavy atom. The van der Waals surface area contributed by atoms with Gasteiger partial charge in [-0.2, -0.15) is 13.2 Å². The number of esters is 2. The highest BCUT2D eigenvalue weighted by Crippen LogP contribution is 2.36. The number of hydrogen-bond acceptors (Lipinski definition) is 4. The second-order valence-electron chi connectivity index (χ2n) is 5.96. The van der Waals surface area contributed by atoms with Crippen molar-refractivity contribution in [1.82, 2.24) is 0 Å². The molecule has 4 nitrogen and oxygen atoms in total. The largest absolute Gasteiger partial charge is 0.466 e. The van der Waals surface area contributed by atoms with E-state index in [1.807, 2.05) is 0 Å². The lowest BCUT2D eigenvalue weighted by molar-refractivity contribution is -0.224. The first-order valence-electron chi connectivity index (χ1n) is 8.81. The Hall–Kier alpha value is -2.05. The van der Waals surface area contributed by atoms with Crippen molar-refractivity contribution in [2.75, 3.05) is 6.61 Å². The normalized spacial score (nSPS) is 12.5. The molecule has 0 heterocycles. The molecule has 0 bridgehead atoms. The molecule has 1 unspecified atom stereocenters. The van der Waals surface area contributed by atoms with Crippen molar-refractivity contribution < 1.29 is 32.2 Å². The second kappa shape index (κ2) is 11.5. The molecule has 0 saturated carbocycles. The summed E-state index contributed by atoms with van der Waals surface area (Å²) in [6.45, 7) is 2.40. The number of carbonyl (C=O) groups excluding carboxylic acids is 2. The van der Waals surface area contributed by atoms with E-state index in [-0.39, 0.29) is 24.8 Å². The van der Waals surface area contributed by atoms with Gasteiger partial charge in [0, 0.05) is 18.4 Å². The first-order valence-corrected chi connectivity index (χ1v) is 8.81. The molecule has 0 radical (unpaired) electrons. The van der Waals surface area contributed by atoms with Crippen LogP contribution in [0.15, 0.2) is 30.3 Å².